The van der Waals surface area contributed by atoms with Gasteiger partial charge in [-0.25, -0.2) is 4.79 Å². The lowest BCUT2D eigenvalue weighted by atomic mass is 9.96. The predicted octanol–water partition coefficient (Wildman–Crippen LogP) is 0.277. The number of hydrogen-bond donors (Lipinski definition) is 0. The van der Waals surface area contributed by atoms with Crippen LogP contribution in [-0.4, -0.2) is 27.6 Å². The van der Waals surface area contributed by atoms with Gasteiger partial charge in [-0.2, -0.15) is 13.1 Å². The molecule has 16 heavy (non-hydrogen) atoms. The van der Waals surface area contributed by atoms with Gasteiger partial charge in [0.1, 0.15) is 0 Å². The van der Waals surface area contributed by atoms with E-state index < -0.39 is 14.9 Å². The van der Waals surface area contributed by atoms with E-state index in [1.165, 1.54) is 0 Å². The SMILES string of the molecule is O=c1n(C2CCCCC2)nnn1S(=O)(=O)Cl. The first kappa shape index (κ1) is 11.6. The molecule has 1 aliphatic rings. The Balaban J connectivity index is 2.37. The number of tetrazole rings is 1. The Hall–Kier alpha value is -0.890. The first-order valence-corrected chi connectivity index (χ1v) is 7.26. The van der Waals surface area contributed by atoms with E-state index in [0.29, 0.717) is 0 Å². The predicted molar refractivity (Wildman–Crippen MR) is 56.6 cm³/mol. The van der Waals surface area contributed by atoms with Crippen LogP contribution in [0.3, 0.4) is 0 Å². The summed E-state index contributed by atoms with van der Waals surface area (Å²) in [6, 6.07) is -0.0617. The molecule has 0 spiro atoms. The zero-order valence-corrected chi connectivity index (χ0v) is 9.99. The second-order valence-electron chi connectivity index (χ2n) is 3.78. The maximum absolute atomic E-state index is 11.7. The largest absolute Gasteiger partial charge is 0.379 e. The van der Waals surface area contributed by atoms with Gasteiger partial charge in [-0.1, -0.05) is 23.3 Å². The zero-order valence-electron chi connectivity index (χ0n) is 8.41. The smallest absolute Gasteiger partial charge is 0.243 e. The summed E-state index contributed by atoms with van der Waals surface area (Å²) in [5.41, 5.74) is -0.790. The minimum absolute atomic E-state index is 0.0617. The van der Waals surface area contributed by atoms with Crippen molar-refractivity contribution in [3.05, 3.63) is 10.5 Å². The number of halogens is 1. The molecule has 1 aromatic heterocycles. The van der Waals surface area contributed by atoms with Crippen molar-refractivity contribution in [1.82, 2.24) is 19.2 Å². The highest BCUT2D eigenvalue weighted by Crippen LogP contribution is 2.25. The number of hydrogen-bond acceptors (Lipinski definition) is 5. The second-order valence-corrected chi connectivity index (χ2v) is 6.12. The lowest BCUT2D eigenvalue weighted by Gasteiger charge is -2.19. The molecule has 7 nitrogen and oxygen atoms in total. The van der Waals surface area contributed by atoms with Gasteiger partial charge in [0, 0.05) is 10.7 Å². The maximum Gasteiger partial charge on any atom is 0.379 e. The van der Waals surface area contributed by atoms with Crippen molar-refractivity contribution < 1.29 is 8.42 Å². The molecule has 2 rings (SSSR count). The minimum Gasteiger partial charge on any atom is -0.243 e. The van der Waals surface area contributed by atoms with Crippen LogP contribution in [0.1, 0.15) is 38.1 Å². The third kappa shape index (κ3) is 2.12. The van der Waals surface area contributed by atoms with Gasteiger partial charge in [-0.05, 0) is 23.3 Å². The molecule has 1 saturated carbocycles. The van der Waals surface area contributed by atoms with Crippen molar-refractivity contribution in [2.45, 2.75) is 38.1 Å². The van der Waals surface area contributed by atoms with Crippen LogP contribution in [-0.2, 0) is 9.24 Å². The van der Waals surface area contributed by atoms with E-state index in [0.717, 1.165) is 36.8 Å². The second kappa shape index (κ2) is 4.17. The summed E-state index contributed by atoms with van der Waals surface area (Å²) in [6.07, 6.45) is 4.80. The quantitative estimate of drug-likeness (QED) is 0.718. The van der Waals surface area contributed by atoms with Gasteiger partial charge in [0.2, 0.25) is 0 Å². The van der Waals surface area contributed by atoms with E-state index in [2.05, 4.69) is 10.4 Å². The number of aromatic nitrogens is 4. The molecule has 0 atom stereocenters. The highest BCUT2D eigenvalue weighted by atomic mass is 35.7. The molecule has 0 aromatic carbocycles. The summed E-state index contributed by atoms with van der Waals surface area (Å²) in [5.74, 6) is 0. The number of nitrogens with zero attached hydrogens (tertiary/aromatic N) is 4. The van der Waals surface area contributed by atoms with Crippen molar-refractivity contribution in [2.24, 2.45) is 0 Å². The van der Waals surface area contributed by atoms with Gasteiger partial charge in [-0.15, -0.1) is 0 Å². The molecule has 90 valence electrons. The zero-order chi connectivity index (χ0) is 11.8. The highest BCUT2D eigenvalue weighted by molar-refractivity contribution is 8.12. The molecule has 1 aliphatic carbocycles. The Bertz CT molecular complexity index is 528. The Labute approximate surface area is 96.5 Å². The van der Waals surface area contributed by atoms with Gasteiger partial charge >= 0.3 is 14.9 Å². The molecule has 9 heteroatoms. The molecule has 0 saturated heterocycles. The van der Waals surface area contributed by atoms with Crippen LogP contribution in [0.25, 0.3) is 0 Å². The van der Waals surface area contributed by atoms with Gasteiger partial charge in [0.05, 0.1) is 6.04 Å². The Morgan fingerprint density at radius 1 is 1.19 bits per heavy atom. The standard InChI is InChI=1S/C7H11ClN4O3S/c8-16(14,15)12-7(13)11(9-10-12)6-4-2-1-3-5-6/h6H,1-5H2. The molecule has 1 heterocycles. The first-order valence-electron chi connectivity index (χ1n) is 5.00. The summed E-state index contributed by atoms with van der Waals surface area (Å²) in [4.78, 5) is 11.7. The van der Waals surface area contributed by atoms with Gasteiger partial charge in [0.25, 0.3) is 0 Å². The maximum atomic E-state index is 11.7. The fourth-order valence-corrected chi connectivity index (χ4v) is 2.59. The third-order valence-electron chi connectivity index (χ3n) is 2.70. The molecule has 0 N–H and O–H groups in total. The summed E-state index contributed by atoms with van der Waals surface area (Å²) >= 11 is 0. The van der Waals surface area contributed by atoms with Crippen LogP contribution in [0.15, 0.2) is 4.79 Å². The van der Waals surface area contributed by atoms with Crippen LogP contribution in [0.5, 0.6) is 0 Å². The molecule has 0 bridgehead atoms. The van der Waals surface area contributed by atoms with Crippen LogP contribution in [0.2, 0.25) is 0 Å². The Morgan fingerprint density at radius 2 is 1.81 bits per heavy atom. The minimum atomic E-state index is -4.17. The van der Waals surface area contributed by atoms with E-state index >= 15 is 0 Å². The van der Waals surface area contributed by atoms with E-state index in [1.807, 2.05) is 0 Å². The molecule has 1 fully saturated rings. The van der Waals surface area contributed by atoms with E-state index in [-0.39, 0.29) is 10.1 Å². The van der Waals surface area contributed by atoms with Crippen molar-refractivity contribution >= 4 is 19.9 Å². The van der Waals surface area contributed by atoms with Crippen molar-refractivity contribution in [3.63, 3.8) is 0 Å². The van der Waals surface area contributed by atoms with E-state index in [1.54, 1.807) is 0 Å². The summed E-state index contributed by atoms with van der Waals surface area (Å²) in [7, 11) is 0.866. The summed E-state index contributed by atoms with van der Waals surface area (Å²) < 4.78 is 23.2. The Kier molecular flexibility index (Phi) is 3.02. The van der Waals surface area contributed by atoms with Gasteiger partial charge < -0.3 is 0 Å². The van der Waals surface area contributed by atoms with Crippen LogP contribution in [0.4, 0.5) is 0 Å². The molecule has 1 aromatic rings. The normalized spacial score (nSPS) is 18.8. The molecular weight excluding hydrogens is 256 g/mol. The third-order valence-corrected chi connectivity index (χ3v) is 3.74. The molecule has 0 aliphatic heterocycles. The van der Waals surface area contributed by atoms with Crippen molar-refractivity contribution in [2.75, 3.05) is 0 Å². The van der Waals surface area contributed by atoms with Gasteiger partial charge in [0.15, 0.2) is 0 Å². The van der Waals surface area contributed by atoms with Crippen LogP contribution in [0, 0.1) is 0 Å². The average molecular weight is 267 g/mol. The lowest BCUT2D eigenvalue weighted by molar-refractivity contribution is 0.318. The monoisotopic (exact) mass is 266 g/mol. The summed E-state index contributed by atoms with van der Waals surface area (Å²) in [5, 5.41) is 6.82. The van der Waals surface area contributed by atoms with E-state index in [4.69, 9.17) is 10.7 Å². The number of rotatable bonds is 2. The van der Waals surface area contributed by atoms with E-state index in [9.17, 15) is 13.2 Å². The fourth-order valence-electron chi connectivity index (χ4n) is 1.94. The van der Waals surface area contributed by atoms with Crippen LogP contribution < -0.4 is 5.69 Å². The highest BCUT2D eigenvalue weighted by Gasteiger charge is 2.23. The van der Waals surface area contributed by atoms with Crippen molar-refractivity contribution in [3.8, 4) is 0 Å². The Morgan fingerprint density at radius 3 is 2.31 bits per heavy atom. The molecule has 0 radical (unpaired) electrons. The lowest BCUT2D eigenvalue weighted by Crippen LogP contribution is -2.31. The summed E-state index contributed by atoms with van der Waals surface area (Å²) in [6.45, 7) is 0. The van der Waals surface area contributed by atoms with Crippen molar-refractivity contribution in [1.29, 1.82) is 0 Å². The van der Waals surface area contributed by atoms with Gasteiger partial charge in [-0.3, -0.25) is 0 Å². The fraction of sp³-hybridized carbons (Fsp3) is 0.857. The van der Waals surface area contributed by atoms with Crippen LogP contribution >= 0.6 is 10.7 Å². The average Bonchev–Trinajstić information content (AvgIpc) is 2.61. The molecule has 0 unspecified atom stereocenters. The molecule has 0 amide bonds. The molecular formula is C7H11ClN4O3S. The first-order chi connectivity index (χ1) is 7.50. The topological polar surface area (TPSA) is 86.8 Å².